The number of hydrogen-bond acceptors (Lipinski definition) is 5. The standard InChI is InChI=1S/C15H24N4O2/c1-2-16-14-10-9-13(19(20)21)15(18-14)17-11-5-8-12-6-3-4-7-12/h9-10,12H,2-8,11H2,1H3,(H2,16,17,18). The number of rotatable bonds is 8. The van der Waals surface area contributed by atoms with Crippen molar-refractivity contribution in [2.75, 3.05) is 23.7 Å². The minimum absolute atomic E-state index is 0.0394. The molecule has 6 nitrogen and oxygen atoms in total. The predicted molar refractivity (Wildman–Crippen MR) is 84.7 cm³/mol. The fourth-order valence-electron chi connectivity index (χ4n) is 2.91. The molecule has 0 aliphatic heterocycles. The lowest BCUT2D eigenvalue weighted by Gasteiger charge is -2.11. The van der Waals surface area contributed by atoms with E-state index in [1.54, 1.807) is 6.07 Å². The normalized spacial score (nSPS) is 15.1. The smallest absolute Gasteiger partial charge is 0.311 e. The van der Waals surface area contributed by atoms with Gasteiger partial charge in [0.2, 0.25) is 5.82 Å². The Labute approximate surface area is 125 Å². The van der Waals surface area contributed by atoms with E-state index in [-0.39, 0.29) is 10.6 Å². The van der Waals surface area contributed by atoms with Crippen molar-refractivity contribution in [2.24, 2.45) is 5.92 Å². The molecule has 0 spiro atoms. The highest BCUT2D eigenvalue weighted by Crippen LogP contribution is 2.29. The maximum absolute atomic E-state index is 11.0. The van der Waals surface area contributed by atoms with Gasteiger partial charge in [0.25, 0.3) is 0 Å². The first kappa shape index (κ1) is 15.5. The second kappa shape index (κ2) is 7.81. The van der Waals surface area contributed by atoms with Gasteiger partial charge in [-0.1, -0.05) is 25.7 Å². The highest BCUT2D eigenvalue weighted by atomic mass is 16.6. The monoisotopic (exact) mass is 292 g/mol. The summed E-state index contributed by atoms with van der Waals surface area (Å²) in [6.45, 7) is 3.45. The summed E-state index contributed by atoms with van der Waals surface area (Å²) in [6, 6.07) is 3.15. The zero-order valence-corrected chi connectivity index (χ0v) is 12.6. The minimum Gasteiger partial charge on any atom is -0.370 e. The molecule has 0 unspecified atom stereocenters. The van der Waals surface area contributed by atoms with Crippen LogP contribution < -0.4 is 10.6 Å². The first-order valence-electron chi connectivity index (χ1n) is 7.84. The maximum atomic E-state index is 11.0. The first-order chi connectivity index (χ1) is 10.2. The molecule has 0 amide bonds. The quantitative estimate of drug-likeness (QED) is 0.433. The molecule has 0 atom stereocenters. The summed E-state index contributed by atoms with van der Waals surface area (Å²) in [4.78, 5) is 14.9. The van der Waals surface area contributed by atoms with Crippen molar-refractivity contribution in [3.63, 3.8) is 0 Å². The molecule has 1 aliphatic rings. The van der Waals surface area contributed by atoms with Gasteiger partial charge in [-0.2, -0.15) is 0 Å². The van der Waals surface area contributed by atoms with E-state index in [2.05, 4.69) is 15.6 Å². The molecule has 1 aromatic rings. The Balaban J connectivity index is 1.89. The van der Waals surface area contributed by atoms with Gasteiger partial charge in [0.15, 0.2) is 0 Å². The van der Waals surface area contributed by atoms with E-state index in [1.807, 2.05) is 6.92 Å². The van der Waals surface area contributed by atoms with Crippen molar-refractivity contribution in [3.05, 3.63) is 22.2 Å². The van der Waals surface area contributed by atoms with Gasteiger partial charge in [0.1, 0.15) is 5.82 Å². The zero-order chi connectivity index (χ0) is 15.1. The molecular weight excluding hydrogens is 268 g/mol. The van der Waals surface area contributed by atoms with Crippen molar-refractivity contribution < 1.29 is 4.92 Å². The molecule has 1 aromatic heterocycles. The summed E-state index contributed by atoms with van der Waals surface area (Å²) in [5, 5.41) is 17.2. The van der Waals surface area contributed by atoms with Gasteiger partial charge in [-0.3, -0.25) is 10.1 Å². The SMILES string of the molecule is CCNc1ccc([N+](=O)[O-])c(NCCCC2CCCC2)n1. The van der Waals surface area contributed by atoms with Gasteiger partial charge in [0.05, 0.1) is 4.92 Å². The first-order valence-corrected chi connectivity index (χ1v) is 7.84. The molecule has 1 saturated carbocycles. The molecule has 1 heterocycles. The lowest BCUT2D eigenvalue weighted by Crippen LogP contribution is -2.09. The molecule has 1 aliphatic carbocycles. The predicted octanol–water partition coefficient (Wildman–Crippen LogP) is 3.80. The number of nitrogens with zero attached hydrogens (tertiary/aromatic N) is 2. The van der Waals surface area contributed by atoms with E-state index < -0.39 is 0 Å². The number of nitrogens with one attached hydrogen (secondary N) is 2. The van der Waals surface area contributed by atoms with Crippen LogP contribution >= 0.6 is 0 Å². The number of nitro groups is 1. The van der Waals surface area contributed by atoms with E-state index in [0.717, 1.165) is 25.4 Å². The summed E-state index contributed by atoms with van der Waals surface area (Å²) in [5.41, 5.74) is 0.0394. The van der Waals surface area contributed by atoms with Crippen molar-refractivity contribution in [2.45, 2.75) is 45.4 Å². The third kappa shape index (κ3) is 4.58. The highest BCUT2D eigenvalue weighted by Gasteiger charge is 2.17. The lowest BCUT2D eigenvalue weighted by molar-refractivity contribution is -0.384. The van der Waals surface area contributed by atoms with Crippen LogP contribution in [-0.2, 0) is 0 Å². The van der Waals surface area contributed by atoms with Crippen LogP contribution in [0.3, 0.4) is 0 Å². The molecule has 2 N–H and O–H groups in total. The Morgan fingerprint density at radius 3 is 2.76 bits per heavy atom. The number of anilines is 2. The van der Waals surface area contributed by atoms with Gasteiger partial charge in [0, 0.05) is 19.2 Å². The minimum atomic E-state index is -0.387. The van der Waals surface area contributed by atoms with Crippen LogP contribution in [0.5, 0.6) is 0 Å². The van der Waals surface area contributed by atoms with Gasteiger partial charge in [-0.15, -0.1) is 0 Å². The van der Waals surface area contributed by atoms with Gasteiger partial charge in [-0.05, 0) is 31.7 Å². The van der Waals surface area contributed by atoms with E-state index in [9.17, 15) is 10.1 Å². The summed E-state index contributed by atoms with van der Waals surface area (Å²) in [6.07, 6.45) is 7.64. The van der Waals surface area contributed by atoms with E-state index >= 15 is 0 Å². The van der Waals surface area contributed by atoms with Crippen LogP contribution in [0, 0.1) is 16.0 Å². The second-order valence-electron chi connectivity index (χ2n) is 5.57. The van der Waals surface area contributed by atoms with Gasteiger partial charge >= 0.3 is 5.69 Å². The molecular formula is C15H24N4O2. The Kier molecular flexibility index (Phi) is 5.78. The van der Waals surface area contributed by atoms with Crippen molar-refractivity contribution in [1.29, 1.82) is 0 Å². The molecule has 21 heavy (non-hydrogen) atoms. The topological polar surface area (TPSA) is 80.1 Å². The van der Waals surface area contributed by atoms with Crippen LogP contribution in [0.4, 0.5) is 17.3 Å². The summed E-state index contributed by atoms with van der Waals surface area (Å²) in [7, 11) is 0. The molecule has 1 fully saturated rings. The second-order valence-corrected chi connectivity index (χ2v) is 5.57. The van der Waals surface area contributed by atoms with E-state index in [4.69, 9.17) is 0 Å². The van der Waals surface area contributed by atoms with Gasteiger partial charge in [-0.25, -0.2) is 4.98 Å². The Morgan fingerprint density at radius 1 is 1.33 bits per heavy atom. The summed E-state index contributed by atoms with van der Waals surface area (Å²) >= 11 is 0. The van der Waals surface area contributed by atoms with Crippen LogP contribution in [0.2, 0.25) is 0 Å². The van der Waals surface area contributed by atoms with E-state index in [0.29, 0.717) is 11.6 Å². The van der Waals surface area contributed by atoms with Crippen molar-refractivity contribution in [1.82, 2.24) is 4.98 Å². The van der Waals surface area contributed by atoms with Crippen molar-refractivity contribution in [3.8, 4) is 0 Å². The Morgan fingerprint density at radius 2 is 2.10 bits per heavy atom. The van der Waals surface area contributed by atoms with Crippen molar-refractivity contribution >= 4 is 17.3 Å². The third-order valence-corrected chi connectivity index (χ3v) is 3.98. The lowest BCUT2D eigenvalue weighted by atomic mass is 10.0. The number of aromatic nitrogens is 1. The highest BCUT2D eigenvalue weighted by molar-refractivity contribution is 5.60. The third-order valence-electron chi connectivity index (χ3n) is 3.98. The molecule has 0 aromatic carbocycles. The number of hydrogen-bond donors (Lipinski definition) is 2. The average Bonchev–Trinajstić information content (AvgIpc) is 2.97. The van der Waals surface area contributed by atoms with Crippen LogP contribution in [0.1, 0.15) is 45.4 Å². The zero-order valence-electron chi connectivity index (χ0n) is 12.6. The molecule has 0 bridgehead atoms. The molecule has 116 valence electrons. The van der Waals surface area contributed by atoms with E-state index in [1.165, 1.54) is 38.2 Å². The molecule has 2 rings (SSSR count). The summed E-state index contributed by atoms with van der Waals surface area (Å²) in [5.74, 6) is 1.88. The molecule has 6 heteroatoms. The maximum Gasteiger partial charge on any atom is 0.311 e. The van der Waals surface area contributed by atoms with Gasteiger partial charge < -0.3 is 10.6 Å². The molecule has 0 radical (unpaired) electrons. The van der Waals surface area contributed by atoms with Crippen LogP contribution in [-0.4, -0.2) is 23.0 Å². The summed E-state index contributed by atoms with van der Waals surface area (Å²) < 4.78 is 0. The largest absolute Gasteiger partial charge is 0.370 e. The Bertz CT molecular complexity index is 473. The fraction of sp³-hybridized carbons (Fsp3) is 0.667. The fourth-order valence-corrected chi connectivity index (χ4v) is 2.91. The molecule has 0 saturated heterocycles. The number of pyridine rings is 1. The Hall–Kier alpha value is -1.85. The average molecular weight is 292 g/mol. The van der Waals surface area contributed by atoms with Crippen LogP contribution in [0.25, 0.3) is 0 Å². The van der Waals surface area contributed by atoms with Crippen LogP contribution in [0.15, 0.2) is 12.1 Å².